The van der Waals surface area contributed by atoms with Crippen molar-refractivity contribution in [1.82, 2.24) is 5.16 Å². The summed E-state index contributed by atoms with van der Waals surface area (Å²) < 4.78 is 29.0. The Morgan fingerprint density at radius 2 is 2.04 bits per heavy atom. The Labute approximate surface area is 141 Å². The second-order valence-corrected chi connectivity index (χ2v) is 8.34. The lowest BCUT2D eigenvalue weighted by molar-refractivity contribution is -0.115. The molecular weight excluding hydrogens is 328 g/mol. The third-order valence-corrected chi connectivity index (χ3v) is 5.63. The molecule has 7 heteroatoms. The van der Waals surface area contributed by atoms with E-state index in [9.17, 15) is 13.2 Å². The number of aryl methyl sites for hydroxylation is 3. The fourth-order valence-electron chi connectivity index (χ4n) is 2.90. The first-order chi connectivity index (χ1) is 11.4. The highest BCUT2D eigenvalue weighted by atomic mass is 32.2. The first kappa shape index (κ1) is 16.7. The van der Waals surface area contributed by atoms with Gasteiger partial charge in [0.2, 0.25) is 5.91 Å². The number of nitrogens with zero attached hydrogens (tertiary/aromatic N) is 1. The van der Waals surface area contributed by atoms with Crippen LogP contribution in [0.3, 0.4) is 0 Å². The minimum absolute atomic E-state index is 0.0732. The fourth-order valence-corrected chi connectivity index (χ4v) is 4.13. The van der Waals surface area contributed by atoms with E-state index in [0.29, 0.717) is 11.5 Å². The van der Waals surface area contributed by atoms with Gasteiger partial charge in [0.25, 0.3) is 0 Å². The molecule has 1 aromatic heterocycles. The van der Waals surface area contributed by atoms with Crippen LogP contribution in [0.15, 0.2) is 28.8 Å². The highest BCUT2D eigenvalue weighted by Gasteiger charge is 2.17. The predicted molar refractivity (Wildman–Crippen MR) is 90.4 cm³/mol. The van der Waals surface area contributed by atoms with Crippen molar-refractivity contribution in [2.45, 2.75) is 38.4 Å². The molecule has 0 saturated heterocycles. The summed E-state index contributed by atoms with van der Waals surface area (Å²) >= 11 is 0. The van der Waals surface area contributed by atoms with E-state index in [1.165, 1.54) is 11.1 Å². The van der Waals surface area contributed by atoms with Gasteiger partial charge in [-0.25, -0.2) is 8.42 Å². The molecule has 1 N–H and O–H groups in total. The summed E-state index contributed by atoms with van der Waals surface area (Å²) in [5, 5.41) is 6.45. The molecule has 0 spiro atoms. The van der Waals surface area contributed by atoms with Crippen molar-refractivity contribution >= 4 is 21.4 Å². The van der Waals surface area contributed by atoms with Crippen molar-refractivity contribution in [2.75, 3.05) is 11.1 Å². The molecule has 0 bridgehead atoms. The number of benzene rings is 1. The van der Waals surface area contributed by atoms with Crippen LogP contribution in [0.2, 0.25) is 0 Å². The number of hydrogen-bond acceptors (Lipinski definition) is 5. The summed E-state index contributed by atoms with van der Waals surface area (Å²) in [6, 6.07) is 7.46. The van der Waals surface area contributed by atoms with Crippen LogP contribution in [0, 0.1) is 6.92 Å². The molecule has 0 radical (unpaired) electrons. The lowest BCUT2D eigenvalue weighted by atomic mass is 10.1. The maximum atomic E-state index is 12.1. The van der Waals surface area contributed by atoms with Crippen molar-refractivity contribution in [3.8, 4) is 0 Å². The monoisotopic (exact) mass is 348 g/mol. The molecule has 128 valence electrons. The Kier molecular flexibility index (Phi) is 4.71. The molecule has 0 saturated carbocycles. The summed E-state index contributed by atoms with van der Waals surface area (Å²) in [6.07, 6.45) is 3.19. The first-order valence-corrected chi connectivity index (χ1v) is 9.78. The van der Waals surface area contributed by atoms with Gasteiger partial charge >= 0.3 is 0 Å². The molecule has 1 amide bonds. The summed E-state index contributed by atoms with van der Waals surface area (Å²) in [5.74, 6) is -0.158. The van der Waals surface area contributed by atoms with E-state index in [1.54, 1.807) is 13.0 Å². The third-order valence-electron chi connectivity index (χ3n) is 4.07. The molecule has 0 unspecified atom stereocenters. The van der Waals surface area contributed by atoms with Crippen molar-refractivity contribution in [2.24, 2.45) is 0 Å². The number of amides is 1. The van der Waals surface area contributed by atoms with Crippen LogP contribution in [0.25, 0.3) is 0 Å². The summed E-state index contributed by atoms with van der Waals surface area (Å²) in [7, 11) is -3.40. The van der Waals surface area contributed by atoms with E-state index in [2.05, 4.69) is 10.5 Å². The largest absolute Gasteiger partial charge is 0.361 e. The summed E-state index contributed by atoms with van der Waals surface area (Å²) in [4.78, 5) is 12.0. The number of rotatable bonds is 6. The second kappa shape index (κ2) is 6.76. The molecule has 1 aliphatic rings. The Hall–Kier alpha value is -2.15. The van der Waals surface area contributed by atoms with Gasteiger partial charge in [0.1, 0.15) is 5.76 Å². The van der Waals surface area contributed by atoms with E-state index < -0.39 is 9.84 Å². The number of aromatic nitrogens is 1. The maximum absolute atomic E-state index is 12.1. The van der Waals surface area contributed by atoms with Gasteiger partial charge in [0.05, 0.1) is 17.2 Å². The molecule has 2 aromatic rings. The highest BCUT2D eigenvalue weighted by molar-refractivity contribution is 7.90. The molecule has 1 aliphatic carbocycles. The van der Waals surface area contributed by atoms with Gasteiger partial charge in [0, 0.05) is 18.2 Å². The van der Waals surface area contributed by atoms with E-state index in [4.69, 9.17) is 4.52 Å². The lowest BCUT2D eigenvalue weighted by Gasteiger charge is -2.07. The van der Waals surface area contributed by atoms with Gasteiger partial charge in [-0.05, 0) is 49.4 Å². The van der Waals surface area contributed by atoms with Crippen molar-refractivity contribution in [1.29, 1.82) is 0 Å². The van der Waals surface area contributed by atoms with Crippen LogP contribution in [0.5, 0.6) is 0 Å². The molecular formula is C17H20N2O4S. The number of anilines is 1. The summed E-state index contributed by atoms with van der Waals surface area (Å²) in [6.45, 7) is 1.70. The van der Waals surface area contributed by atoms with E-state index >= 15 is 0 Å². The number of nitrogens with one attached hydrogen (secondary N) is 1. The smallest absolute Gasteiger partial charge is 0.225 e. The van der Waals surface area contributed by atoms with Gasteiger partial charge in [-0.2, -0.15) is 0 Å². The van der Waals surface area contributed by atoms with E-state index in [1.807, 2.05) is 18.2 Å². The highest BCUT2D eigenvalue weighted by Crippen LogP contribution is 2.25. The van der Waals surface area contributed by atoms with Gasteiger partial charge in [-0.1, -0.05) is 11.2 Å². The lowest BCUT2D eigenvalue weighted by Crippen LogP contribution is -2.18. The number of fused-ring (bicyclic) bond motifs is 1. The van der Waals surface area contributed by atoms with Gasteiger partial charge in [0.15, 0.2) is 9.84 Å². The Morgan fingerprint density at radius 1 is 1.25 bits per heavy atom. The number of carbonyl (C=O) groups is 1. The first-order valence-electron chi connectivity index (χ1n) is 7.95. The Balaban J connectivity index is 1.53. The minimum Gasteiger partial charge on any atom is -0.361 e. The molecule has 3 rings (SSSR count). The van der Waals surface area contributed by atoms with Gasteiger partial charge < -0.3 is 9.84 Å². The standard InChI is InChI=1S/C17H20N2O4S/c1-12-9-16(19-23-12)11-24(21,22)8-7-17(20)18-15-6-5-13-3-2-4-14(13)10-15/h5-6,9-10H,2-4,7-8,11H2,1H3,(H,18,20). The van der Waals surface area contributed by atoms with Crippen LogP contribution >= 0.6 is 0 Å². The van der Waals surface area contributed by atoms with Gasteiger partial charge in [-0.15, -0.1) is 0 Å². The minimum atomic E-state index is -3.40. The molecule has 24 heavy (non-hydrogen) atoms. The molecule has 1 heterocycles. The molecule has 0 atom stereocenters. The molecule has 1 aromatic carbocycles. The third kappa shape index (κ3) is 4.23. The Bertz CT molecular complexity index is 855. The van der Waals surface area contributed by atoms with Crippen LogP contribution in [-0.2, 0) is 33.2 Å². The molecule has 6 nitrogen and oxygen atoms in total. The van der Waals surface area contributed by atoms with E-state index in [0.717, 1.165) is 24.9 Å². The van der Waals surface area contributed by atoms with E-state index in [-0.39, 0.29) is 23.8 Å². The van der Waals surface area contributed by atoms with Crippen molar-refractivity contribution in [3.05, 3.63) is 46.8 Å². The topological polar surface area (TPSA) is 89.3 Å². The van der Waals surface area contributed by atoms with Crippen LogP contribution in [0.1, 0.15) is 35.4 Å². The van der Waals surface area contributed by atoms with Gasteiger partial charge in [-0.3, -0.25) is 4.79 Å². The van der Waals surface area contributed by atoms with Crippen LogP contribution in [-0.4, -0.2) is 25.2 Å². The Morgan fingerprint density at radius 3 is 2.79 bits per heavy atom. The van der Waals surface area contributed by atoms with Crippen LogP contribution in [0.4, 0.5) is 5.69 Å². The zero-order valence-electron chi connectivity index (χ0n) is 13.5. The average Bonchev–Trinajstić information content (AvgIpc) is 3.13. The second-order valence-electron chi connectivity index (χ2n) is 6.16. The normalized spacial score (nSPS) is 13.7. The summed E-state index contributed by atoms with van der Waals surface area (Å²) in [5.41, 5.74) is 3.69. The SMILES string of the molecule is Cc1cc(CS(=O)(=O)CCC(=O)Nc2ccc3c(c2)CCC3)no1. The van der Waals surface area contributed by atoms with Crippen molar-refractivity contribution < 1.29 is 17.7 Å². The van der Waals surface area contributed by atoms with Crippen LogP contribution < -0.4 is 5.32 Å². The number of carbonyl (C=O) groups excluding carboxylic acids is 1. The van der Waals surface area contributed by atoms with Crippen molar-refractivity contribution in [3.63, 3.8) is 0 Å². The fraction of sp³-hybridized carbons (Fsp3) is 0.412. The number of sulfone groups is 1. The molecule has 0 aliphatic heterocycles. The maximum Gasteiger partial charge on any atom is 0.225 e. The zero-order valence-corrected chi connectivity index (χ0v) is 14.4. The average molecular weight is 348 g/mol. The molecule has 0 fully saturated rings. The predicted octanol–water partition coefficient (Wildman–Crippen LogP) is 2.42. The zero-order chi connectivity index (χ0) is 17.2. The number of hydrogen-bond donors (Lipinski definition) is 1. The quantitative estimate of drug-likeness (QED) is 0.866.